The van der Waals surface area contributed by atoms with Gasteiger partial charge in [-0.2, -0.15) is 0 Å². The van der Waals surface area contributed by atoms with Crippen molar-refractivity contribution < 1.29 is 0 Å². The molecule has 61 heavy (non-hydrogen) atoms. The van der Waals surface area contributed by atoms with Crippen molar-refractivity contribution in [1.29, 1.82) is 0 Å². The molecule has 3 heterocycles. The van der Waals surface area contributed by atoms with Crippen LogP contribution in [0.2, 0.25) is 0 Å². The van der Waals surface area contributed by atoms with Gasteiger partial charge in [-0.25, -0.2) is 0 Å². The van der Waals surface area contributed by atoms with Crippen molar-refractivity contribution in [2.45, 2.75) is 67.6 Å². The molecule has 8 aromatic carbocycles. The smallest absolute Gasteiger partial charge is 0.333 e. The van der Waals surface area contributed by atoms with Gasteiger partial charge in [-0.05, 0) is 121 Å². The van der Waals surface area contributed by atoms with Crippen molar-refractivity contribution in [2.75, 3.05) is 9.71 Å². The molecule has 0 fully saturated rings. The molecule has 2 aliphatic carbocycles. The lowest BCUT2D eigenvalue weighted by atomic mass is 9.42. The predicted octanol–water partition coefficient (Wildman–Crippen LogP) is 13.8. The Kier molecular flexibility index (Phi) is 6.98. The second-order valence-electron chi connectivity index (χ2n) is 19.3. The van der Waals surface area contributed by atoms with Gasteiger partial charge >= 0.3 is 6.85 Å². The maximum atomic E-state index is 2.72. The van der Waals surface area contributed by atoms with Gasteiger partial charge < -0.3 is 9.71 Å². The molecule has 3 aliphatic heterocycles. The maximum absolute atomic E-state index is 2.72. The third-order valence-electron chi connectivity index (χ3n) is 15.0. The normalized spacial score (nSPS) is 16.9. The van der Waals surface area contributed by atoms with E-state index in [9.17, 15) is 0 Å². The van der Waals surface area contributed by atoms with Crippen LogP contribution in [0.3, 0.4) is 0 Å². The van der Waals surface area contributed by atoms with Crippen LogP contribution in [0.15, 0.2) is 174 Å². The van der Waals surface area contributed by atoms with E-state index < -0.39 is 0 Å². The van der Waals surface area contributed by atoms with Gasteiger partial charge in [-0.3, -0.25) is 0 Å². The molecule has 8 aromatic rings. The van der Waals surface area contributed by atoms with Gasteiger partial charge in [0.25, 0.3) is 0 Å². The average molecular weight is 801 g/mol. The van der Waals surface area contributed by atoms with Crippen LogP contribution in [0.1, 0.15) is 74.9 Å². The second kappa shape index (κ2) is 12.0. The SMILES string of the molecule is CC1(C)c2ccccc2C(C)(C)c2cc3c(cc21)-c1cc2c(c4c1B(c1cccc5c1N4c1ccccc1S5)N3c1ccc(-c3ccccc3)cc1)C(C)(C)c1ccccc1-2. The standard InChI is InChI=1S/C57H45BN2S/c1-55(2)42-21-12-13-22-43(42)56(3,4)45-33-48-38(32-44(45)55)40-31-39-37-19-10-11-20-41(37)57(5,6)51(39)54-52(40)58(60(48)36-29-27-35(28-30-36)34-17-8-7-9-18-34)46-23-16-26-50-53(46)59(54)47-24-14-15-25-49(47)61-50/h7-33H,1-6H3. The highest BCUT2D eigenvalue weighted by Gasteiger charge is 2.52. The zero-order chi connectivity index (χ0) is 41.2. The molecule has 0 saturated heterocycles. The monoisotopic (exact) mass is 800 g/mol. The maximum Gasteiger partial charge on any atom is 0.333 e. The Morgan fingerprint density at radius 2 is 1.05 bits per heavy atom. The molecule has 292 valence electrons. The van der Waals surface area contributed by atoms with Crippen LogP contribution < -0.4 is 20.6 Å². The summed E-state index contributed by atoms with van der Waals surface area (Å²) in [5, 5.41) is 0. The first-order valence-electron chi connectivity index (χ1n) is 21.8. The molecule has 0 unspecified atom stereocenters. The highest BCUT2D eigenvalue weighted by molar-refractivity contribution is 7.99. The fraction of sp³-hybridized carbons (Fsp3) is 0.158. The molecule has 0 N–H and O–H groups in total. The van der Waals surface area contributed by atoms with Crippen molar-refractivity contribution in [1.82, 2.24) is 0 Å². The first kappa shape index (κ1) is 35.5. The predicted molar refractivity (Wildman–Crippen MR) is 258 cm³/mol. The minimum absolute atomic E-state index is 0.0630. The second-order valence-corrected chi connectivity index (χ2v) is 20.4. The van der Waals surface area contributed by atoms with Crippen molar-refractivity contribution in [3.63, 3.8) is 0 Å². The summed E-state index contributed by atoms with van der Waals surface area (Å²) in [6.45, 7) is 14.6. The molecule has 0 bridgehead atoms. The number of para-hydroxylation sites is 2. The summed E-state index contributed by atoms with van der Waals surface area (Å²) in [6.07, 6.45) is 0. The van der Waals surface area contributed by atoms with Crippen molar-refractivity contribution in [3.05, 3.63) is 197 Å². The molecular formula is C57H45BN2S. The zero-order valence-electron chi connectivity index (χ0n) is 35.5. The highest BCUT2D eigenvalue weighted by atomic mass is 32.2. The van der Waals surface area contributed by atoms with E-state index in [1.165, 1.54) is 116 Å². The molecule has 0 atom stereocenters. The Labute approximate surface area is 364 Å². The van der Waals surface area contributed by atoms with E-state index in [-0.39, 0.29) is 23.1 Å². The van der Waals surface area contributed by atoms with Crippen LogP contribution in [0.5, 0.6) is 0 Å². The van der Waals surface area contributed by atoms with Crippen LogP contribution in [-0.2, 0) is 16.2 Å². The van der Waals surface area contributed by atoms with Gasteiger partial charge in [-0.15, -0.1) is 0 Å². The van der Waals surface area contributed by atoms with Gasteiger partial charge in [0.05, 0.1) is 11.4 Å². The fourth-order valence-electron chi connectivity index (χ4n) is 12.1. The molecule has 4 heteroatoms. The molecule has 0 aromatic heterocycles. The number of benzene rings is 8. The number of fused-ring (bicyclic) bond motifs is 12. The molecule has 0 saturated carbocycles. The Balaban J connectivity index is 1.19. The molecule has 13 rings (SSSR count). The van der Waals surface area contributed by atoms with Gasteiger partial charge in [0.1, 0.15) is 0 Å². The Hall–Kier alpha value is -6.23. The van der Waals surface area contributed by atoms with Crippen molar-refractivity contribution in [2.24, 2.45) is 0 Å². The van der Waals surface area contributed by atoms with Crippen LogP contribution >= 0.6 is 11.8 Å². The first-order chi connectivity index (χ1) is 29.5. The van der Waals surface area contributed by atoms with Gasteiger partial charge in [0.15, 0.2) is 0 Å². The van der Waals surface area contributed by atoms with Crippen LogP contribution in [0.25, 0.3) is 33.4 Å². The Morgan fingerprint density at radius 1 is 0.426 bits per heavy atom. The summed E-state index contributed by atoms with van der Waals surface area (Å²) >= 11 is 1.91. The zero-order valence-corrected chi connectivity index (χ0v) is 36.3. The van der Waals surface area contributed by atoms with E-state index in [2.05, 4.69) is 215 Å². The molecule has 0 radical (unpaired) electrons. The largest absolute Gasteiger partial charge is 0.376 e. The third kappa shape index (κ3) is 4.51. The van der Waals surface area contributed by atoms with E-state index >= 15 is 0 Å². The number of anilines is 5. The van der Waals surface area contributed by atoms with E-state index in [4.69, 9.17) is 0 Å². The molecular weight excluding hydrogens is 756 g/mol. The minimum atomic E-state index is -0.221. The Morgan fingerprint density at radius 3 is 1.80 bits per heavy atom. The quantitative estimate of drug-likeness (QED) is 0.161. The molecule has 2 nitrogen and oxygen atoms in total. The van der Waals surface area contributed by atoms with Crippen molar-refractivity contribution in [3.8, 4) is 33.4 Å². The molecule has 0 amide bonds. The third-order valence-corrected chi connectivity index (χ3v) is 16.2. The fourth-order valence-corrected chi connectivity index (χ4v) is 13.2. The Bertz CT molecular complexity index is 3210. The van der Waals surface area contributed by atoms with Crippen molar-refractivity contribution >= 4 is 58.0 Å². The summed E-state index contributed by atoms with van der Waals surface area (Å²) < 4.78 is 0. The number of hydrogen-bond donors (Lipinski definition) is 0. The van der Waals surface area contributed by atoms with E-state index in [0.29, 0.717) is 0 Å². The average Bonchev–Trinajstić information content (AvgIpc) is 3.52. The lowest BCUT2D eigenvalue weighted by molar-refractivity contribution is 0.521. The van der Waals surface area contributed by atoms with E-state index in [0.717, 1.165) is 0 Å². The van der Waals surface area contributed by atoms with Gasteiger partial charge in [-0.1, -0.05) is 169 Å². The topological polar surface area (TPSA) is 6.48 Å². The van der Waals surface area contributed by atoms with Crippen LogP contribution in [0, 0.1) is 0 Å². The molecule has 0 spiro atoms. The minimum Gasteiger partial charge on any atom is -0.376 e. The number of nitrogens with zero attached hydrogens (tertiary/aromatic N) is 2. The molecule has 5 aliphatic rings. The highest BCUT2D eigenvalue weighted by Crippen LogP contribution is 2.62. The van der Waals surface area contributed by atoms with Crippen LogP contribution in [-0.4, -0.2) is 6.85 Å². The van der Waals surface area contributed by atoms with Crippen LogP contribution in [0.4, 0.5) is 28.4 Å². The number of hydrogen-bond acceptors (Lipinski definition) is 3. The first-order valence-corrected chi connectivity index (χ1v) is 22.6. The lowest BCUT2D eigenvalue weighted by Gasteiger charge is -2.50. The van der Waals surface area contributed by atoms with E-state index in [1.807, 2.05) is 11.8 Å². The lowest BCUT2D eigenvalue weighted by Crippen LogP contribution is -2.62. The van der Waals surface area contributed by atoms with Gasteiger partial charge in [0, 0.05) is 48.7 Å². The summed E-state index contributed by atoms with van der Waals surface area (Å²) in [5.74, 6) is 0. The summed E-state index contributed by atoms with van der Waals surface area (Å²) in [4.78, 5) is 8.01. The summed E-state index contributed by atoms with van der Waals surface area (Å²) in [6, 6.07) is 62.5. The summed E-state index contributed by atoms with van der Waals surface area (Å²) in [5.41, 5.74) is 24.9. The summed E-state index contributed by atoms with van der Waals surface area (Å²) in [7, 11) is 0. The van der Waals surface area contributed by atoms with E-state index in [1.54, 1.807) is 0 Å². The van der Waals surface area contributed by atoms with Gasteiger partial charge in [0.2, 0.25) is 0 Å². The number of rotatable bonds is 2.